The van der Waals surface area contributed by atoms with Crippen LogP contribution in [-0.4, -0.2) is 59.8 Å². The van der Waals surface area contributed by atoms with Crippen molar-refractivity contribution < 1.29 is 13.2 Å². The molecule has 8 heteroatoms. The van der Waals surface area contributed by atoms with E-state index in [2.05, 4.69) is 27.0 Å². The van der Waals surface area contributed by atoms with Gasteiger partial charge in [-0.25, -0.2) is 18.4 Å². The molecule has 1 saturated heterocycles. The molecule has 3 heterocycles. The molecule has 27 heavy (non-hydrogen) atoms. The van der Waals surface area contributed by atoms with E-state index in [-0.39, 0.29) is 29.1 Å². The van der Waals surface area contributed by atoms with Gasteiger partial charge in [-0.2, -0.15) is 0 Å². The molecule has 1 amide bonds. The first-order valence-corrected chi connectivity index (χ1v) is 11.0. The molecule has 1 aromatic carbocycles. The summed E-state index contributed by atoms with van der Waals surface area (Å²) < 4.78 is 23.5. The lowest BCUT2D eigenvalue weighted by molar-refractivity contribution is 0.0702. The summed E-state index contributed by atoms with van der Waals surface area (Å²) in [7, 11) is -3.05. The Bertz CT molecular complexity index is 959. The van der Waals surface area contributed by atoms with Gasteiger partial charge in [0.2, 0.25) is 0 Å². The molecular formula is C19H22N4O3S. The molecule has 1 unspecified atom stereocenters. The molecule has 0 spiro atoms. The molecule has 142 valence electrons. The van der Waals surface area contributed by atoms with Gasteiger partial charge in [-0.15, -0.1) is 0 Å². The maximum atomic E-state index is 12.8. The number of amides is 1. The summed E-state index contributed by atoms with van der Waals surface area (Å²) in [4.78, 5) is 25.3. The minimum Gasteiger partial charge on any atom is -0.334 e. The van der Waals surface area contributed by atoms with E-state index in [9.17, 15) is 13.2 Å². The minimum absolute atomic E-state index is 0.0304. The van der Waals surface area contributed by atoms with Crippen molar-refractivity contribution in [1.29, 1.82) is 0 Å². The Morgan fingerprint density at radius 3 is 2.74 bits per heavy atom. The lowest BCUT2D eigenvalue weighted by atomic mass is 10.2. The van der Waals surface area contributed by atoms with Gasteiger partial charge in [0.1, 0.15) is 5.69 Å². The molecule has 0 aliphatic carbocycles. The first-order valence-electron chi connectivity index (χ1n) is 9.17. The van der Waals surface area contributed by atoms with Crippen LogP contribution in [0.3, 0.4) is 0 Å². The average Bonchev–Trinajstić information content (AvgIpc) is 3.25. The highest BCUT2D eigenvalue weighted by molar-refractivity contribution is 7.91. The normalized spacial score (nSPS) is 20.5. The lowest BCUT2D eigenvalue weighted by Gasteiger charge is -2.26. The van der Waals surface area contributed by atoms with Crippen molar-refractivity contribution in [3.63, 3.8) is 0 Å². The highest BCUT2D eigenvalue weighted by Crippen LogP contribution is 2.32. The Balaban J connectivity index is 1.53. The van der Waals surface area contributed by atoms with Crippen LogP contribution in [0, 0.1) is 0 Å². The van der Waals surface area contributed by atoms with Gasteiger partial charge in [0, 0.05) is 24.8 Å². The SMILES string of the molecule is CCN(C(=O)c1cnc(N2CCc3ccccc32)cn1)C1CCS(=O)(=O)C1. The number of sulfone groups is 1. The van der Waals surface area contributed by atoms with E-state index in [0.29, 0.717) is 18.8 Å². The summed E-state index contributed by atoms with van der Waals surface area (Å²) in [5, 5.41) is 0. The van der Waals surface area contributed by atoms with Gasteiger partial charge in [-0.3, -0.25) is 4.79 Å². The number of anilines is 2. The number of para-hydroxylation sites is 1. The van der Waals surface area contributed by atoms with Gasteiger partial charge in [-0.05, 0) is 31.4 Å². The number of rotatable bonds is 4. The van der Waals surface area contributed by atoms with E-state index < -0.39 is 9.84 Å². The molecule has 2 aromatic rings. The maximum absolute atomic E-state index is 12.8. The van der Waals surface area contributed by atoms with Crippen LogP contribution in [0.4, 0.5) is 11.5 Å². The number of hydrogen-bond acceptors (Lipinski definition) is 6. The fourth-order valence-electron chi connectivity index (χ4n) is 3.88. The van der Waals surface area contributed by atoms with Crippen LogP contribution in [-0.2, 0) is 16.3 Å². The highest BCUT2D eigenvalue weighted by Gasteiger charge is 2.34. The van der Waals surface area contributed by atoms with Crippen molar-refractivity contribution >= 4 is 27.2 Å². The summed E-state index contributed by atoms with van der Waals surface area (Å²) in [6.07, 6.45) is 4.55. The predicted molar refractivity (Wildman–Crippen MR) is 103 cm³/mol. The van der Waals surface area contributed by atoms with E-state index in [1.165, 1.54) is 11.8 Å². The third kappa shape index (κ3) is 3.41. The third-order valence-corrected chi connectivity index (χ3v) is 7.02. The molecule has 2 aliphatic rings. The Kier molecular flexibility index (Phi) is 4.59. The molecule has 0 N–H and O–H groups in total. The summed E-state index contributed by atoms with van der Waals surface area (Å²) in [5.74, 6) is 0.617. The zero-order valence-electron chi connectivity index (χ0n) is 15.2. The van der Waals surface area contributed by atoms with Crippen molar-refractivity contribution in [1.82, 2.24) is 14.9 Å². The van der Waals surface area contributed by atoms with Crippen LogP contribution >= 0.6 is 0 Å². The van der Waals surface area contributed by atoms with E-state index in [1.807, 2.05) is 19.1 Å². The summed E-state index contributed by atoms with van der Waals surface area (Å²) in [6, 6.07) is 7.91. The molecular weight excluding hydrogens is 364 g/mol. The molecule has 4 rings (SSSR count). The van der Waals surface area contributed by atoms with Gasteiger partial charge < -0.3 is 9.80 Å². The number of carbonyl (C=O) groups excluding carboxylic acids is 1. The second-order valence-corrected chi connectivity index (χ2v) is 9.17. The fourth-order valence-corrected chi connectivity index (χ4v) is 5.61. The Morgan fingerprint density at radius 1 is 1.26 bits per heavy atom. The van der Waals surface area contributed by atoms with Crippen LogP contribution in [0.2, 0.25) is 0 Å². The minimum atomic E-state index is -3.05. The fraction of sp³-hybridized carbons (Fsp3) is 0.421. The number of aromatic nitrogens is 2. The number of nitrogens with zero attached hydrogens (tertiary/aromatic N) is 4. The first kappa shape index (κ1) is 17.9. The largest absolute Gasteiger partial charge is 0.334 e. The molecule has 0 saturated carbocycles. The summed E-state index contributed by atoms with van der Waals surface area (Å²) >= 11 is 0. The molecule has 1 fully saturated rings. The number of benzene rings is 1. The molecule has 7 nitrogen and oxygen atoms in total. The third-order valence-electron chi connectivity index (χ3n) is 5.27. The van der Waals surface area contributed by atoms with Gasteiger partial charge >= 0.3 is 0 Å². The zero-order valence-corrected chi connectivity index (χ0v) is 16.0. The van der Waals surface area contributed by atoms with Crippen LogP contribution in [0.25, 0.3) is 0 Å². The molecule has 1 aromatic heterocycles. The monoisotopic (exact) mass is 386 g/mol. The molecule has 2 aliphatic heterocycles. The highest BCUT2D eigenvalue weighted by atomic mass is 32.2. The molecule has 0 bridgehead atoms. The Hall–Kier alpha value is -2.48. The summed E-state index contributed by atoms with van der Waals surface area (Å²) in [6.45, 7) is 3.14. The zero-order chi connectivity index (χ0) is 19.0. The van der Waals surface area contributed by atoms with Crippen molar-refractivity contribution in [2.45, 2.75) is 25.8 Å². The van der Waals surface area contributed by atoms with Gasteiger partial charge in [-0.1, -0.05) is 18.2 Å². The van der Waals surface area contributed by atoms with Crippen LogP contribution in [0.1, 0.15) is 29.4 Å². The number of carbonyl (C=O) groups is 1. The van der Waals surface area contributed by atoms with Crippen LogP contribution < -0.4 is 4.90 Å². The Morgan fingerprint density at radius 2 is 2.07 bits per heavy atom. The van der Waals surface area contributed by atoms with Crippen molar-refractivity contribution in [2.24, 2.45) is 0 Å². The van der Waals surface area contributed by atoms with Gasteiger partial charge in [0.25, 0.3) is 5.91 Å². The smallest absolute Gasteiger partial charge is 0.274 e. The first-order chi connectivity index (χ1) is 13.0. The van der Waals surface area contributed by atoms with E-state index in [1.54, 1.807) is 11.1 Å². The standard InChI is InChI=1S/C19H22N4O3S/c1-2-22(15-8-10-27(25,26)13-15)19(24)16-11-21-18(12-20-16)23-9-7-14-5-3-4-6-17(14)23/h3-6,11-12,15H,2,7-10,13H2,1H3. The van der Waals surface area contributed by atoms with E-state index in [4.69, 9.17) is 0 Å². The van der Waals surface area contributed by atoms with Crippen LogP contribution in [0.15, 0.2) is 36.7 Å². The molecule has 1 atom stereocenters. The van der Waals surface area contributed by atoms with E-state index in [0.717, 1.165) is 18.7 Å². The number of hydrogen-bond donors (Lipinski definition) is 0. The van der Waals surface area contributed by atoms with E-state index >= 15 is 0 Å². The quantitative estimate of drug-likeness (QED) is 0.797. The maximum Gasteiger partial charge on any atom is 0.274 e. The predicted octanol–water partition coefficient (Wildman–Crippen LogP) is 1.82. The average molecular weight is 386 g/mol. The topological polar surface area (TPSA) is 83.5 Å². The molecule has 0 radical (unpaired) electrons. The van der Waals surface area contributed by atoms with Gasteiger partial charge in [0.15, 0.2) is 15.7 Å². The van der Waals surface area contributed by atoms with Gasteiger partial charge in [0.05, 0.1) is 23.9 Å². The lowest BCUT2D eigenvalue weighted by Crippen LogP contribution is -2.41. The number of fused-ring (bicyclic) bond motifs is 1. The van der Waals surface area contributed by atoms with Crippen LogP contribution in [0.5, 0.6) is 0 Å². The Labute approximate surface area is 159 Å². The second kappa shape index (κ2) is 6.92. The second-order valence-electron chi connectivity index (χ2n) is 6.94. The van der Waals surface area contributed by atoms with Crippen molar-refractivity contribution in [2.75, 3.05) is 29.5 Å². The summed E-state index contributed by atoms with van der Waals surface area (Å²) in [5.41, 5.74) is 2.65. The van der Waals surface area contributed by atoms with Crippen molar-refractivity contribution in [3.05, 3.63) is 47.9 Å². The van der Waals surface area contributed by atoms with Crippen molar-refractivity contribution in [3.8, 4) is 0 Å².